The van der Waals surface area contributed by atoms with Crippen molar-refractivity contribution >= 4 is 29.3 Å². The van der Waals surface area contributed by atoms with Crippen LogP contribution in [0.25, 0.3) is 0 Å². The Bertz CT molecular complexity index is 726. The van der Waals surface area contributed by atoms with Crippen molar-refractivity contribution < 1.29 is 4.79 Å². The summed E-state index contributed by atoms with van der Waals surface area (Å²) in [6.45, 7) is 4.58. The highest BCUT2D eigenvalue weighted by atomic mass is 35.5. The molecule has 130 valence electrons. The maximum absolute atomic E-state index is 12.2. The molecular weight excluding hydrogens is 348 g/mol. The predicted molar refractivity (Wildman–Crippen MR) is 96.5 cm³/mol. The van der Waals surface area contributed by atoms with Crippen LogP contribution in [-0.4, -0.2) is 26.4 Å². The SMILES string of the molecule is CCCn1c(SCC(=O)NC(CC)c2ccc(Cl)cc2)n[nH]c1=O. The molecule has 1 unspecified atom stereocenters. The number of nitrogens with one attached hydrogen (secondary N) is 2. The molecule has 0 saturated heterocycles. The smallest absolute Gasteiger partial charge is 0.343 e. The topological polar surface area (TPSA) is 79.8 Å². The van der Waals surface area contributed by atoms with Gasteiger partial charge in [-0.1, -0.05) is 49.3 Å². The van der Waals surface area contributed by atoms with E-state index in [0.717, 1.165) is 18.4 Å². The molecule has 2 aromatic rings. The number of H-pyrrole nitrogens is 1. The van der Waals surface area contributed by atoms with Crippen molar-refractivity contribution in [3.63, 3.8) is 0 Å². The lowest BCUT2D eigenvalue weighted by atomic mass is 10.0. The summed E-state index contributed by atoms with van der Waals surface area (Å²) in [5, 5.41) is 10.6. The molecule has 1 aromatic carbocycles. The number of amides is 1. The molecule has 1 heterocycles. The lowest BCUT2D eigenvalue weighted by molar-refractivity contribution is -0.119. The Hall–Kier alpha value is -1.73. The molecule has 0 fully saturated rings. The van der Waals surface area contributed by atoms with Crippen molar-refractivity contribution in [1.29, 1.82) is 0 Å². The Kier molecular flexibility index (Phi) is 6.93. The van der Waals surface area contributed by atoms with Crippen LogP contribution in [0.3, 0.4) is 0 Å². The fourth-order valence-electron chi connectivity index (χ4n) is 2.32. The molecule has 0 aliphatic rings. The first-order chi connectivity index (χ1) is 11.5. The van der Waals surface area contributed by atoms with Crippen LogP contribution in [0.2, 0.25) is 5.02 Å². The highest BCUT2D eigenvalue weighted by molar-refractivity contribution is 7.99. The van der Waals surface area contributed by atoms with Crippen LogP contribution in [0, 0.1) is 0 Å². The van der Waals surface area contributed by atoms with Gasteiger partial charge in [-0.2, -0.15) is 0 Å². The molecule has 0 aliphatic carbocycles. The van der Waals surface area contributed by atoms with Crippen LogP contribution in [0.15, 0.2) is 34.2 Å². The fourth-order valence-corrected chi connectivity index (χ4v) is 3.23. The maximum Gasteiger partial charge on any atom is 0.343 e. The zero-order chi connectivity index (χ0) is 17.5. The van der Waals surface area contributed by atoms with E-state index in [9.17, 15) is 9.59 Å². The van der Waals surface area contributed by atoms with Gasteiger partial charge in [-0.3, -0.25) is 9.36 Å². The molecule has 0 radical (unpaired) electrons. The molecule has 1 amide bonds. The van der Waals surface area contributed by atoms with Crippen molar-refractivity contribution in [2.24, 2.45) is 0 Å². The molecule has 2 N–H and O–H groups in total. The average molecular weight is 369 g/mol. The lowest BCUT2D eigenvalue weighted by Gasteiger charge is -2.17. The van der Waals surface area contributed by atoms with Gasteiger partial charge in [0.25, 0.3) is 0 Å². The quantitative estimate of drug-likeness (QED) is 0.702. The third kappa shape index (κ3) is 4.88. The van der Waals surface area contributed by atoms with Gasteiger partial charge in [-0.15, -0.1) is 5.10 Å². The number of nitrogens with zero attached hydrogens (tertiary/aromatic N) is 2. The summed E-state index contributed by atoms with van der Waals surface area (Å²) >= 11 is 7.15. The molecule has 24 heavy (non-hydrogen) atoms. The minimum absolute atomic E-state index is 0.0626. The second-order valence-electron chi connectivity index (χ2n) is 5.33. The molecule has 0 aliphatic heterocycles. The number of hydrogen-bond donors (Lipinski definition) is 2. The normalized spacial score (nSPS) is 12.1. The largest absolute Gasteiger partial charge is 0.349 e. The van der Waals surface area contributed by atoms with Gasteiger partial charge >= 0.3 is 5.69 Å². The molecule has 1 atom stereocenters. The Morgan fingerprint density at radius 1 is 1.38 bits per heavy atom. The van der Waals surface area contributed by atoms with Gasteiger partial charge in [0.2, 0.25) is 5.91 Å². The summed E-state index contributed by atoms with van der Waals surface area (Å²) in [5.41, 5.74) is 0.773. The molecular formula is C16H21ClN4O2S. The van der Waals surface area contributed by atoms with E-state index in [1.54, 1.807) is 4.57 Å². The maximum atomic E-state index is 12.2. The number of aromatic amines is 1. The van der Waals surface area contributed by atoms with Crippen LogP contribution in [0.4, 0.5) is 0 Å². The summed E-state index contributed by atoms with van der Waals surface area (Å²) < 4.78 is 1.55. The number of rotatable bonds is 8. The van der Waals surface area contributed by atoms with Crippen LogP contribution < -0.4 is 11.0 Å². The molecule has 1 aromatic heterocycles. The van der Waals surface area contributed by atoms with E-state index in [2.05, 4.69) is 15.5 Å². The van der Waals surface area contributed by atoms with Gasteiger partial charge < -0.3 is 5.32 Å². The third-order valence-electron chi connectivity index (χ3n) is 3.52. The highest BCUT2D eigenvalue weighted by Crippen LogP contribution is 2.20. The van der Waals surface area contributed by atoms with Crippen LogP contribution >= 0.6 is 23.4 Å². The van der Waals surface area contributed by atoms with Crippen molar-refractivity contribution in [2.45, 2.75) is 44.4 Å². The van der Waals surface area contributed by atoms with E-state index in [1.807, 2.05) is 38.1 Å². The van der Waals surface area contributed by atoms with E-state index in [4.69, 9.17) is 11.6 Å². The minimum Gasteiger partial charge on any atom is -0.349 e. The monoisotopic (exact) mass is 368 g/mol. The van der Waals surface area contributed by atoms with Crippen molar-refractivity contribution in [3.05, 3.63) is 45.3 Å². The van der Waals surface area contributed by atoms with Crippen LogP contribution in [-0.2, 0) is 11.3 Å². The number of aromatic nitrogens is 3. The zero-order valence-corrected chi connectivity index (χ0v) is 15.3. The zero-order valence-electron chi connectivity index (χ0n) is 13.7. The molecule has 0 bridgehead atoms. The first-order valence-corrected chi connectivity index (χ1v) is 9.24. The van der Waals surface area contributed by atoms with E-state index in [1.165, 1.54) is 11.8 Å². The number of carbonyl (C=O) groups is 1. The average Bonchev–Trinajstić information content (AvgIpc) is 2.92. The first kappa shape index (κ1) is 18.6. The van der Waals surface area contributed by atoms with Gasteiger partial charge in [-0.05, 0) is 30.5 Å². The standard InChI is InChI=1S/C16H21ClN4O2S/c1-3-9-21-15(23)19-20-16(21)24-10-14(22)18-13(4-2)11-5-7-12(17)8-6-11/h5-8,13H,3-4,9-10H2,1-2H3,(H,18,22)(H,19,23). The molecule has 2 rings (SSSR count). The summed E-state index contributed by atoms with van der Waals surface area (Å²) in [7, 11) is 0. The third-order valence-corrected chi connectivity index (χ3v) is 4.75. The van der Waals surface area contributed by atoms with E-state index < -0.39 is 0 Å². The summed E-state index contributed by atoms with van der Waals surface area (Å²) in [6, 6.07) is 7.39. The van der Waals surface area contributed by atoms with Crippen molar-refractivity contribution in [2.75, 3.05) is 5.75 Å². The first-order valence-electron chi connectivity index (χ1n) is 7.88. The Morgan fingerprint density at radius 2 is 2.08 bits per heavy atom. The second-order valence-corrected chi connectivity index (χ2v) is 6.71. The van der Waals surface area contributed by atoms with E-state index >= 15 is 0 Å². The number of thioether (sulfide) groups is 1. The summed E-state index contributed by atoms with van der Waals surface area (Å²) in [4.78, 5) is 23.8. The lowest BCUT2D eigenvalue weighted by Crippen LogP contribution is -2.29. The van der Waals surface area contributed by atoms with Gasteiger partial charge in [0.1, 0.15) is 0 Å². The van der Waals surface area contributed by atoms with Gasteiger partial charge in [-0.25, -0.2) is 9.89 Å². The Morgan fingerprint density at radius 3 is 2.71 bits per heavy atom. The van der Waals surface area contributed by atoms with Gasteiger partial charge in [0.15, 0.2) is 5.16 Å². The molecule has 0 spiro atoms. The molecule has 0 saturated carbocycles. The van der Waals surface area contributed by atoms with E-state index in [-0.39, 0.29) is 23.4 Å². The predicted octanol–water partition coefficient (Wildman–Crippen LogP) is 2.99. The highest BCUT2D eigenvalue weighted by Gasteiger charge is 2.15. The summed E-state index contributed by atoms with van der Waals surface area (Å²) in [5.74, 6) is 0.109. The van der Waals surface area contributed by atoms with Crippen LogP contribution in [0.5, 0.6) is 0 Å². The van der Waals surface area contributed by atoms with Gasteiger partial charge in [0.05, 0.1) is 11.8 Å². The molecule has 6 nitrogen and oxygen atoms in total. The van der Waals surface area contributed by atoms with E-state index in [0.29, 0.717) is 16.7 Å². The molecule has 8 heteroatoms. The number of hydrogen-bond acceptors (Lipinski definition) is 4. The van der Waals surface area contributed by atoms with Crippen LogP contribution in [0.1, 0.15) is 38.3 Å². The Balaban J connectivity index is 1.95. The number of benzene rings is 1. The second kappa shape index (κ2) is 8.94. The fraction of sp³-hybridized carbons (Fsp3) is 0.438. The van der Waals surface area contributed by atoms with Gasteiger partial charge in [0, 0.05) is 11.6 Å². The minimum atomic E-state index is -0.243. The van der Waals surface area contributed by atoms with Crippen molar-refractivity contribution in [1.82, 2.24) is 20.1 Å². The Labute approximate surface area is 150 Å². The summed E-state index contributed by atoms with van der Waals surface area (Å²) in [6.07, 6.45) is 1.61. The van der Waals surface area contributed by atoms with Crippen molar-refractivity contribution in [3.8, 4) is 0 Å². The number of carbonyl (C=O) groups excluding carboxylic acids is 1. The number of halogens is 1.